The molecule has 0 rings (SSSR count). The summed E-state index contributed by atoms with van der Waals surface area (Å²) in [6, 6.07) is 2.44. The predicted octanol–water partition coefficient (Wildman–Crippen LogP) is 1.17. The molecule has 0 aromatic rings. The Bertz CT molecular complexity index is 15.9. The van der Waals surface area contributed by atoms with Crippen molar-refractivity contribution < 1.29 is 0 Å². The molecule has 0 unspecified atom stereocenters. The average Bonchev–Trinajstić information content (AvgIpc) is 1.61. The lowest BCUT2D eigenvalue weighted by Gasteiger charge is -1.84. The van der Waals surface area contributed by atoms with E-state index < -0.39 is 0 Å². The molecule has 1 radical (unpaired) electrons. The Morgan fingerprint density at radius 1 is 1.67 bits per heavy atom. The molecule has 0 fully saturated rings. The smallest absolute Gasteiger partial charge is 0.0200 e. The normalized spacial score (nSPS) is 11.0. The second-order valence-electron chi connectivity index (χ2n) is 1.49. The molecule has 0 atom stereocenters. The second-order valence-corrected chi connectivity index (χ2v) is 2.88. The Hall–Kier alpha value is 0.217. The van der Waals surface area contributed by atoms with Crippen molar-refractivity contribution in [2.24, 2.45) is 0 Å². The summed E-state index contributed by atoms with van der Waals surface area (Å²) in [7, 11) is 0.278. The van der Waals surface area contributed by atoms with Gasteiger partial charge in [-0.1, -0.05) is 32.4 Å². The van der Waals surface area contributed by atoms with E-state index in [1.54, 1.807) is 0 Å². The molecule has 0 aliphatic heterocycles. The number of rotatable bonds is 3. The van der Waals surface area contributed by atoms with E-state index in [0.717, 1.165) is 0 Å². The fourth-order valence-corrected chi connectivity index (χ4v) is 1.22. The highest BCUT2D eigenvalue weighted by atomic mass is 28.2. The molecule has 37 valence electrons. The first kappa shape index (κ1) is 6.22. The van der Waals surface area contributed by atoms with Crippen LogP contribution >= 0.6 is 0 Å². The van der Waals surface area contributed by atoms with Gasteiger partial charge in [0.15, 0.2) is 0 Å². The van der Waals surface area contributed by atoms with Crippen LogP contribution in [0.2, 0.25) is 6.55 Å². The Morgan fingerprint density at radius 3 is 2.50 bits per heavy atom. The molecular weight excluding hydrogens is 88.1 g/mol. The fraction of sp³-hybridized carbons (Fsp3) is 0.800. The molecule has 0 amide bonds. The van der Waals surface area contributed by atoms with E-state index >= 15 is 0 Å². The van der Waals surface area contributed by atoms with E-state index in [4.69, 9.17) is 0 Å². The molecule has 0 aromatic heterocycles. The Kier molecular flexibility index (Phi) is 5.41. The van der Waals surface area contributed by atoms with Gasteiger partial charge in [-0.25, -0.2) is 0 Å². The first-order chi connectivity index (χ1) is 2.91. The summed E-state index contributed by atoms with van der Waals surface area (Å²) in [5, 5.41) is 0. The summed E-state index contributed by atoms with van der Waals surface area (Å²) in [6.45, 7) is 4.54. The number of hydrogen-bond donors (Lipinski definition) is 0. The zero-order valence-electron chi connectivity index (χ0n) is 4.70. The van der Waals surface area contributed by atoms with E-state index in [2.05, 4.69) is 19.5 Å². The first-order valence-corrected chi connectivity index (χ1v) is 4.96. The van der Waals surface area contributed by atoms with Crippen molar-refractivity contribution in [3.63, 3.8) is 0 Å². The largest absolute Gasteiger partial charge is 0.0746 e. The molecule has 1 heteroatoms. The molecular formula is C5H13Si. The van der Waals surface area contributed by atoms with Crippen LogP contribution in [0.5, 0.6) is 0 Å². The average molecular weight is 101 g/mol. The highest BCUT2D eigenvalue weighted by Crippen LogP contribution is 1.87. The van der Waals surface area contributed by atoms with Gasteiger partial charge in [0.05, 0.1) is 0 Å². The highest BCUT2D eigenvalue weighted by molar-refractivity contribution is 6.38. The lowest BCUT2D eigenvalue weighted by atomic mass is 10.4. The number of hydrogen-bond acceptors (Lipinski definition) is 0. The zero-order valence-corrected chi connectivity index (χ0v) is 6.11. The van der Waals surface area contributed by atoms with Crippen LogP contribution < -0.4 is 0 Å². The third-order valence-corrected chi connectivity index (χ3v) is 1.77. The summed E-state index contributed by atoms with van der Waals surface area (Å²) in [5.41, 5.74) is 0. The van der Waals surface area contributed by atoms with Gasteiger partial charge in [-0.05, 0) is 0 Å². The Balaban J connectivity index is 2.34. The summed E-state index contributed by atoms with van der Waals surface area (Å²) in [4.78, 5) is 0. The molecule has 6 heavy (non-hydrogen) atoms. The van der Waals surface area contributed by atoms with Crippen LogP contribution in [0.3, 0.4) is 0 Å². The quantitative estimate of drug-likeness (QED) is 0.370. The lowest BCUT2D eigenvalue weighted by Crippen LogP contribution is -1.80. The Morgan fingerprint density at radius 2 is 2.33 bits per heavy atom. The monoisotopic (exact) mass is 101 g/mol. The van der Waals surface area contributed by atoms with Crippen molar-refractivity contribution in [2.75, 3.05) is 0 Å². The standard InChI is InChI=1S/C5H13Si/c1-3-4-5-6-2/h5H,3-4,6H2,1-2H3. The summed E-state index contributed by atoms with van der Waals surface area (Å²) < 4.78 is 0. The maximum atomic E-state index is 2.44. The van der Waals surface area contributed by atoms with Gasteiger partial charge in [0.1, 0.15) is 0 Å². The Labute approximate surface area is 42.8 Å². The van der Waals surface area contributed by atoms with Gasteiger partial charge in [-0.15, -0.1) is 0 Å². The zero-order chi connectivity index (χ0) is 4.83. The molecule has 0 aliphatic rings. The third kappa shape index (κ3) is 4.22. The van der Waals surface area contributed by atoms with Crippen LogP contribution in [0.4, 0.5) is 0 Å². The van der Waals surface area contributed by atoms with Crippen molar-refractivity contribution >= 4 is 9.52 Å². The van der Waals surface area contributed by atoms with Crippen LogP contribution in [0.1, 0.15) is 19.8 Å². The van der Waals surface area contributed by atoms with Gasteiger partial charge in [-0.3, -0.25) is 0 Å². The SMILES string of the molecule is CCC[CH][SiH2]C. The summed E-state index contributed by atoms with van der Waals surface area (Å²) in [6.07, 6.45) is 2.68. The minimum Gasteiger partial charge on any atom is -0.0746 e. The fourth-order valence-electron chi connectivity index (χ4n) is 0.408. The van der Waals surface area contributed by atoms with E-state index in [1.165, 1.54) is 12.8 Å². The van der Waals surface area contributed by atoms with Gasteiger partial charge >= 0.3 is 0 Å². The van der Waals surface area contributed by atoms with Gasteiger partial charge in [-0.2, -0.15) is 0 Å². The van der Waals surface area contributed by atoms with E-state index in [-0.39, 0.29) is 9.52 Å². The van der Waals surface area contributed by atoms with Gasteiger partial charge in [0.2, 0.25) is 0 Å². The topological polar surface area (TPSA) is 0 Å². The molecule has 0 aliphatic carbocycles. The van der Waals surface area contributed by atoms with Gasteiger partial charge in [0.25, 0.3) is 0 Å². The van der Waals surface area contributed by atoms with Gasteiger partial charge < -0.3 is 0 Å². The van der Waals surface area contributed by atoms with Crippen LogP contribution in [-0.4, -0.2) is 9.52 Å². The van der Waals surface area contributed by atoms with Crippen molar-refractivity contribution in [3.8, 4) is 0 Å². The maximum Gasteiger partial charge on any atom is 0.0200 e. The van der Waals surface area contributed by atoms with Gasteiger partial charge in [0, 0.05) is 9.52 Å². The van der Waals surface area contributed by atoms with Crippen molar-refractivity contribution in [1.29, 1.82) is 0 Å². The molecule has 0 bridgehead atoms. The minimum atomic E-state index is 0.278. The van der Waals surface area contributed by atoms with E-state index in [1.807, 2.05) is 0 Å². The van der Waals surface area contributed by atoms with E-state index in [0.29, 0.717) is 0 Å². The molecule has 0 saturated carbocycles. The molecule has 0 aromatic carbocycles. The number of unbranched alkanes of at least 4 members (excludes halogenated alkanes) is 1. The lowest BCUT2D eigenvalue weighted by molar-refractivity contribution is 0.939. The third-order valence-electron chi connectivity index (χ3n) is 0.781. The molecule has 0 saturated heterocycles. The van der Waals surface area contributed by atoms with Crippen LogP contribution in [-0.2, 0) is 0 Å². The van der Waals surface area contributed by atoms with Crippen LogP contribution in [0, 0.1) is 6.04 Å². The summed E-state index contributed by atoms with van der Waals surface area (Å²) in [5.74, 6) is 0. The maximum absolute atomic E-state index is 2.44. The minimum absolute atomic E-state index is 0.278. The van der Waals surface area contributed by atoms with E-state index in [9.17, 15) is 0 Å². The first-order valence-electron chi connectivity index (χ1n) is 2.73. The highest BCUT2D eigenvalue weighted by Gasteiger charge is 1.76. The van der Waals surface area contributed by atoms with Crippen molar-refractivity contribution in [1.82, 2.24) is 0 Å². The predicted molar refractivity (Wildman–Crippen MR) is 33.6 cm³/mol. The molecule has 0 N–H and O–H groups in total. The molecule has 0 nitrogen and oxygen atoms in total. The van der Waals surface area contributed by atoms with Crippen molar-refractivity contribution in [2.45, 2.75) is 26.3 Å². The molecule has 0 heterocycles. The molecule has 0 spiro atoms. The van der Waals surface area contributed by atoms with Crippen LogP contribution in [0.25, 0.3) is 0 Å². The summed E-state index contributed by atoms with van der Waals surface area (Å²) >= 11 is 0. The van der Waals surface area contributed by atoms with Crippen molar-refractivity contribution in [3.05, 3.63) is 6.04 Å². The second kappa shape index (κ2) is 5.22. The van der Waals surface area contributed by atoms with Crippen LogP contribution in [0.15, 0.2) is 0 Å².